The van der Waals surface area contributed by atoms with Crippen LogP contribution in [-0.4, -0.2) is 42.6 Å². The van der Waals surface area contributed by atoms with Crippen molar-refractivity contribution in [2.75, 3.05) is 37.7 Å². The molecule has 2 amide bonds. The number of rotatable bonds is 3. The number of nitrogens with one attached hydrogen (secondary N) is 2. The van der Waals surface area contributed by atoms with Crippen LogP contribution in [0.25, 0.3) is 0 Å². The molecule has 1 fully saturated rings. The van der Waals surface area contributed by atoms with E-state index in [4.69, 9.17) is 5.73 Å². The molecule has 0 aromatic carbocycles. The number of urea groups is 1. The van der Waals surface area contributed by atoms with Crippen LogP contribution in [-0.2, 0) is 0 Å². The number of nitrogen functional groups attached to an aromatic ring is 1. The number of likely N-dealkylation sites (tertiary alicyclic amines) is 1. The van der Waals surface area contributed by atoms with E-state index in [0.29, 0.717) is 23.8 Å². The van der Waals surface area contributed by atoms with Gasteiger partial charge in [0, 0.05) is 6.54 Å². The minimum Gasteiger partial charge on any atom is -0.397 e. The molecule has 1 aliphatic rings. The first kappa shape index (κ1) is 14.6. The highest BCUT2D eigenvalue weighted by Crippen LogP contribution is 2.15. The van der Waals surface area contributed by atoms with Crippen molar-refractivity contribution < 1.29 is 4.79 Å². The molecule has 1 aromatic heterocycles. The topological polar surface area (TPSA) is 83.3 Å². The predicted molar refractivity (Wildman–Crippen MR) is 80.6 cm³/mol. The molecule has 1 saturated heterocycles. The second-order valence-electron chi connectivity index (χ2n) is 5.48. The Hall–Kier alpha value is -1.82. The van der Waals surface area contributed by atoms with Gasteiger partial charge >= 0.3 is 6.03 Å². The zero-order valence-electron chi connectivity index (χ0n) is 12.1. The van der Waals surface area contributed by atoms with Gasteiger partial charge in [0.05, 0.1) is 23.3 Å². The third-order valence-electron chi connectivity index (χ3n) is 3.77. The Morgan fingerprint density at radius 2 is 2.20 bits per heavy atom. The minimum atomic E-state index is -0.200. The third kappa shape index (κ3) is 4.09. The molecule has 2 rings (SSSR count). The van der Waals surface area contributed by atoms with Crippen LogP contribution < -0.4 is 16.4 Å². The number of hydrogen-bond donors (Lipinski definition) is 3. The molecule has 0 saturated carbocycles. The molecule has 0 aliphatic carbocycles. The molecule has 1 aliphatic heterocycles. The van der Waals surface area contributed by atoms with Gasteiger partial charge in [-0.25, -0.2) is 4.79 Å². The van der Waals surface area contributed by atoms with Gasteiger partial charge in [0.1, 0.15) is 0 Å². The Labute approximate surface area is 119 Å². The van der Waals surface area contributed by atoms with E-state index in [-0.39, 0.29) is 6.03 Å². The van der Waals surface area contributed by atoms with E-state index >= 15 is 0 Å². The van der Waals surface area contributed by atoms with Crippen molar-refractivity contribution in [1.82, 2.24) is 15.2 Å². The van der Waals surface area contributed by atoms with Crippen molar-refractivity contribution in [3.05, 3.63) is 18.0 Å². The number of hydrogen-bond acceptors (Lipinski definition) is 4. The number of nitrogens with zero attached hydrogens (tertiary/aromatic N) is 2. The average molecular weight is 277 g/mol. The fraction of sp³-hybridized carbons (Fsp3) is 0.571. The summed E-state index contributed by atoms with van der Waals surface area (Å²) in [5, 5.41) is 5.67. The zero-order chi connectivity index (χ0) is 14.5. The third-order valence-corrected chi connectivity index (χ3v) is 3.77. The molecule has 0 spiro atoms. The van der Waals surface area contributed by atoms with Gasteiger partial charge in [0.2, 0.25) is 0 Å². The highest BCUT2D eigenvalue weighted by molar-refractivity contribution is 5.89. The largest absolute Gasteiger partial charge is 0.397 e. The van der Waals surface area contributed by atoms with E-state index < -0.39 is 0 Å². The molecule has 110 valence electrons. The molecule has 0 radical (unpaired) electrons. The summed E-state index contributed by atoms with van der Waals surface area (Å²) in [7, 11) is 2.13. The summed E-state index contributed by atoms with van der Waals surface area (Å²) in [5.74, 6) is 0.568. The maximum atomic E-state index is 11.8. The van der Waals surface area contributed by atoms with Gasteiger partial charge in [0.15, 0.2) is 0 Å². The van der Waals surface area contributed by atoms with E-state index in [2.05, 4.69) is 27.6 Å². The highest BCUT2D eigenvalue weighted by atomic mass is 16.2. The number of carbonyl (C=O) groups excluding carboxylic acids is 1. The van der Waals surface area contributed by atoms with Gasteiger partial charge < -0.3 is 21.3 Å². The summed E-state index contributed by atoms with van der Waals surface area (Å²) in [6, 6.07) is 1.52. The Balaban J connectivity index is 1.76. The lowest BCUT2D eigenvalue weighted by molar-refractivity contribution is 0.213. The van der Waals surface area contributed by atoms with Gasteiger partial charge in [-0.15, -0.1) is 0 Å². The SMILES string of the molecule is Cc1ncc(NC(=O)NCC2CCN(C)CC2)cc1N. The Morgan fingerprint density at radius 1 is 1.50 bits per heavy atom. The van der Waals surface area contributed by atoms with E-state index in [0.717, 1.165) is 31.6 Å². The molecule has 4 N–H and O–H groups in total. The standard InChI is InChI=1S/C14H23N5O/c1-10-13(15)7-12(9-16-10)18-14(20)17-8-11-3-5-19(2)6-4-11/h7,9,11H,3-6,8,15H2,1-2H3,(H2,17,18,20). The molecule has 0 unspecified atom stereocenters. The number of aryl methyl sites for hydroxylation is 1. The summed E-state index contributed by atoms with van der Waals surface area (Å²) in [6.07, 6.45) is 3.88. The Bertz CT molecular complexity index is 469. The average Bonchev–Trinajstić information content (AvgIpc) is 2.42. The fourth-order valence-electron chi connectivity index (χ4n) is 2.30. The molecule has 2 heterocycles. The van der Waals surface area contributed by atoms with E-state index in [1.807, 2.05) is 6.92 Å². The van der Waals surface area contributed by atoms with Crippen LogP contribution >= 0.6 is 0 Å². The first-order valence-electron chi connectivity index (χ1n) is 7.00. The molecular formula is C14H23N5O. The lowest BCUT2D eigenvalue weighted by Crippen LogP contribution is -2.38. The van der Waals surface area contributed by atoms with Crippen molar-refractivity contribution in [3.8, 4) is 0 Å². The number of amides is 2. The van der Waals surface area contributed by atoms with Crippen molar-refractivity contribution in [2.24, 2.45) is 5.92 Å². The smallest absolute Gasteiger partial charge is 0.319 e. The first-order chi connectivity index (χ1) is 9.54. The number of nitrogens with two attached hydrogens (primary N) is 1. The maximum absolute atomic E-state index is 11.8. The molecule has 1 aromatic rings. The summed E-state index contributed by atoms with van der Waals surface area (Å²) < 4.78 is 0. The summed E-state index contributed by atoms with van der Waals surface area (Å²) >= 11 is 0. The van der Waals surface area contributed by atoms with Crippen molar-refractivity contribution in [1.29, 1.82) is 0 Å². The number of anilines is 2. The summed E-state index contributed by atoms with van der Waals surface area (Å²) in [4.78, 5) is 18.2. The second kappa shape index (κ2) is 6.56. The molecule has 6 heteroatoms. The number of carbonyl (C=O) groups is 1. The van der Waals surface area contributed by atoms with E-state index in [1.54, 1.807) is 12.3 Å². The first-order valence-corrected chi connectivity index (χ1v) is 7.00. The van der Waals surface area contributed by atoms with Crippen LogP contribution in [0, 0.1) is 12.8 Å². The van der Waals surface area contributed by atoms with Crippen molar-refractivity contribution >= 4 is 17.4 Å². The van der Waals surface area contributed by atoms with E-state index in [9.17, 15) is 4.79 Å². The molecule has 0 atom stereocenters. The normalized spacial score (nSPS) is 16.9. The van der Waals surface area contributed by atoms with Crippen LogP contribution in [0.4, 0.5) is 16.2 Å². The molecule has 0 bridgehead atoms. The maximum Gasteiger partial charge on any atom is 0.319 e. The summed E-state index contributed by atoms with van der Waals surface area (Å²) in [6.45, 7) is 4.76. The van der Waals surface area contributed by atoms with Crippen LogP contribution in [0.3, 0.4) is 0 Å². The zero-order valence-corrected chi connectivity index (χ0v) is 12.1. The molecule has 6 nitrogen and oxygen atoms in total. The highest BCUT2D eigenvalue weighted by Gasteiger charge is 2.17. The lowest BCUT2D eigenvalue weighted by atomic mass is 9.97. The summed E-state index contributed by atoms with van der Waals surface area (Å²) in [5.41, 5.74) is 7.73. The monoisotopic (exact) mass is 277 g/mol. The Kier molecular flexibility index (Phi) is 4.79. The number of aromatic nitrogens is 1. The van der Waals surface area contributed by atoms with Gasteiger partial charge in [-0.2, -0.15) is 0 Å². The Morgan fingerprint density at radius 3 is 2.85 bits per heavy atom. The van der Waals surface area contributed by atoms with Crippen LogP contribution in [0.15, 0.2) is 12.3 Å². The van der Waals surface area contributed by atoms with E-state index in [1.165, 1.54) is 0 Å². The fourth-order valence-corrected chi connectivity index (χ4v) is 2.30. The lowest BCUT2D eigenvalue weighted by Gasteiger charge is -2.28. The second-order valence-corrected chi connectivity index (χ2v) is 5.48. The minimum absolute atomic E-state index is 0.200. The van der Waals surface area contributed by atoms with Crippen molar-refractivity contribution in [3.63, 3.8) is 0 Å². The van der Waals surface area contributed by atoms with Crippen molar-refractivity contribution in [2.45, 2.75) is 19.8 Å². The van der Waals surface area contributed by atoms with Gasteiger partial charge in [-0.1, -0.05) is 0 Å². The van der Waals surface area contributed by atoms with Gasteiger partial charge in [-0.3, -0.25) is 4.98 Å². The van der Waals surface area contributed by atoms with Crippen LogP contribution in [0.1, 0.15) is 18.5 Å². The van der Waals surface area contributed by atoms with Crippen LogP contribution in [0.2, 0.25) is 0 Å². The molecule has 20 heavy (non-hydrogen) atoms. The van der Waals surface area contributed by atoms with Crippen LogP contribution in [0.5, 0.6) is 0 Å². The predicted octanol–water partition coefficient (Wildman–Crippen LogP) is 1.44. The van der Waals surface area contributed by atoms with Gasteiger partial charge in [0.25, 0.3) is 0 Å². The molecular weight excluding hydrogens is 254 g/mol. The quantitative estimate of drug-likeness (QED) is 0.780. The number of pyridine rings is 1. The number of piperidine rings is 1. The van der Waals surface area contributed by atoms with Gasteiger partial charge in [-0.05, 0) is 51.9 Å².